The number of carbonyl (C=O) groups excluding carboxylic acids is 2. The molecule has 5 heteroatoms. The van der Waals surface area contributed by atoms with Gasteiger partial charge in [0.1, 0.15) is 6.61 Å². The van der Waals surface area contributed by atoms with Crippen molar-refractivity contribution in [1.82, 2.24) is 10.2 Å². The van der Waals surface area contributed by atoms with E-state index >= 15 is 0 Å². The molecule has 0 rings (SSSR count). The quantitative estimate of drug-likeness (QED) is 0.638. The minimum absolute atomic E-state index is 0.153. The lowest BCUT2D eigenvalue weighted by atomic mass is 10.1. The van der Waals surface area contributed by atoms with E-state index in [9.17, 15) is 9.59 Å². The first kappa shape index (κ1) is 18.5. The Morgan fingerprint density at radius 3 is 2.00 bits per heavy atom. The normalized spacial score (nSPS) is 11.8. The number of rotatable bonds is 4. The van der Waals surface area contributed by atoms with Gasteiger partial charge in [0.05, 0.1) is 6.54 Å². The number of amides is 2. The van der Waals surface area contributed by atoms with Crippen molar-refractivity contribution in [2.45, 2.75) is 59.5 Å². The highest BCUT2D eigenvalue weighted by Crippen LogP contribution is 2.14. The molecule has 0 saturated heterocycles. The average Bonchev–Trinajstić information content (AvgIpc) is 2.18. The van der Waals surface area contributed by atoms with Gasteiger partial charge in [0.25, 0.3) is 0 Å². The third-order valence-corrected chi connectivity index (χ3v) is 2.43. The van der Waals surface area contributed by atoms with Crippen LogP contribution in [0.3, 0.4) is 0 Å². The van der Waals surface area contributed by atoms with E-state index in [1.54, 1.807) is 11.8 Å². The molecule has 0 aliphatic heterocycles. The van der Waals surface area contributed by atoms with Gasteiger partial charge in [-0.2, -0.15) is 0 Å². The van der Waals surface area contributed by atoms with Gasteiger partial charge in [-0.1, -0.05) is 6.58 Å². The minimum Gasteiger partial charge on any atom is -0.460 e. The lowest BCUT2D eigenvalue weighted by Crippen LogP contribution is -2.55. The van der Waals surface area contributed by atoms with Gasteiger partial charge in [-0.3, -0.25) is 0 Å². The average molecular weight is 284 g/mol. The van der Waals surface area contributed by atoms with Gasteiger partial charge >= 0.3 is 12.0 Å². The van der Waals surface area contributed by atoms with Crippen LogP contribution < -0.4 is 5.32 Å². The zero-order valence-corrected chi connectivity index (χ0v) is 13.8. The van der Waals surface area contributed by atoms with E-state index in [1.807, 2.05) is 41.5 Å². The SMILES string of the molecule is C=C(C)C(=O)OCCN(C(=O)NC(C)(C)C)C(C)(C)C. The largest absolute Gasteiger partial charge is 0.460 e. The van der Waals surface area contributed by atoms with Crippen LogP contribution in [0, 0.1) is 0 Å². The summed E-state index contributed by atoms with van der Waals surface area (Å²) in [5, 5.41) is 2.92. The number of ether oxygens (including phenoxy) is 1. The summed E-state index contributed by atoms with van der Waals surface area (Å²) in [5.74, 6) is -0.435. The zero-order chi connectivity index (χ0) is 16.1. The summed E-state index contributed by atoms with van der Waals surface area (Å²) in [5.41, 5.74) is -0.314. The van der Waals surface area contributed by atoms with Gasteiger partial charge in [-0.25, -0.2) is 9.59 Å². The number of hydrogen-bond donors (Lipinski definition) is 1. The Balaban J connectivity index is 4.64. The molecule has 0 fully saturated rings. The molecule has 0 radical (unpaired) electrons. The van der Waals surface area contributed by atoms with E-state index in [0.29, 0.717) is 12.1 Å². The molecule has 20 heavy (non-hydrogen) atoms. The number of nitrogens with one attached hydrogen (secondary N) is 1. The maximum atomic E-state index is 12.3. The van der Waals surface area contributed by atoms with E-state index in [1.165, 1.54) is 0 Å². The molecule has 0 unspecified atom stereocenters. The van der Waals surface area contributed by atoms with Crippen LogP contribution in [0.4, 0.5) is 4.79 Å². The number of nitrogens with zero attached hydrogens (tertiary/aromatic N) is 1. The van der Waals surface area contributed by atoms with Crippen molar-refractivity contribution in [2.24, 2.45) is 0 Å². The summed E-state index contributed by atoms with van der Waals surface area (Å²) in [6.45, 7) is 17.2. The Hall–Kier alpha value is -1.52. The Morgan fingerprint density at radius 2 is 1.65 bits per heavy atom. The fourth-order valence-electron chi connectivity index (χ4n) is 1.48. The second-order valence-corrected chi connectivity index (χ2v) is 6.92. The molecule has 0 bridgehead atoms. The predicted octanol–water partition coefficient (Wildman–Crippen LogP) is 2.71. The second kappa shape index (κ2) is 6.77. The molecule has 0 spiro atoms. The summed E-state index contributed by atoms with van der Waals surface area (Å²) in [6, 6.07) is -0.170. The van der Waals surface area contributed by atoms with E-state index < -0.39 is 5.97 Å². The molecule has 0 aliphatic carbocycles. The van der Waals surface area contributed by atoms with E-state index in [0.717, 1.165) is 0 Å². The van der Waals surface area contributed by atoms with Crippen molar-refractivity contribution < 1.29 is 14.3 Å². The molecule has 0 aromatic rings. The molecule has 116 valence electrons. The Kier molecular flexibility index (Phi) is 6.26. The molecular formula is C15H28N2O3. The molecule has 0 saturated carbocycles. The van der Waals surface area contributed by atoms with Crippen LogP contribution in [-0.2, 0) is 9.53 Å². The van der Waals surface area contributed by atoms with Crippen molar-refractivity contribution in [1.29, 1.82) is 0 Å². The first-order chi connectivity index (χ1) is 8.84. The van der Waals surface area contributed by atoms with Crippen LogP contribution in [0.15, 0.2) is 12.2 Å². The first-order valence-electron chi connectivity index (χ1n) is 6.77. The summed E-state index contributed by atoms with van der Waals surface area (Å²) in [6.07, 6.45) is 0. The monoisotopic (exact) mass is 284 g/mol. The highest BCUT2D eigenvalue weighted by molar-refractivity contribution is 5.86. The van der Waals surface area contributed by atoms with Crippen molar-refractivity contribution in [2.75, 3.05) is 13.2 Å². The van der Waals surface area contributed by atoms with Crippen LogP contribution in [0.2, 0.25) is 0 Å². The fraction of sp³-hybridized carbons (Fsp3) is 0.733. The lowest BCUT2D eigenvalue weighted by molar-refractivity contribution is -0.139. The number of urea groups is 1. The van der Waals surface area contributed by atoms with Crippen molar-refractivity contribution in [3.05, 3.63) is 12.2 Å². The van der Waals surface area contributed by atoms with Crippen LogP contribution in [-0.4, -0.2) is 41.1 Å². The van der Waals surface area contributed by atoms with Gasteiger partial charge in [0.2, 0.25) is 0 Å². The van der Waals surface area contributed by atoms with Crippen molar-refractivity contribution >= 4 is 12.0 Å². The lowest BCUT2D eigenvalue weighted by Gasteiger charge is -2.37. The third-order valence-electron chi connectivity index (χ3n) is 2.43. The molecular weight excluding hydrogens is 256 g/mol. The predicted molar refractivity (Wildman–Crippen MR) is 80.5 cm³/mol. The van der Waals surface area contributed by atoms with Gasteiger partial charge < -0.3 is 15.0 Å². The molecule has 0 aliphatic rings. The number of hydrogen-bond acceptors (Lipinski definition) is 3. The molecule has 1 N–H and O–H groups in total. The fourth-order valence-corrected chi connectivity index (χ4v) is 1.48. The van der Waals surface area contributed by atoms with Gasteiger partial charge in [0, 0.05) is 16.7 Å². The zero-order valence-electron chi connectivity index (χ0n) is 13.8. The first-order valence-corrected chi connectivity index (χ1v) is 6.77. The summed E-state index contributed by atoms with van der Waals surface area (Å²) >= 11 is 0. The van der Waals surface area contributed by atoms with Crippen LogP contribution in [0.5, 0.6) is 0 Å². The highest BCUT2D eigenvalue weighted by Gasteiger charge is 2.28. The Morgan fingerprint density at radius 1 is 1.15 bits per heavy atom. The smallest absolute Gasteiger partial charge is 0.333 e. The van der Waals surface area contributed by atoms with Crippen LogP contribution >= 0.6 is 0 Å². The second-order valence-electron chi connectivity index (χ2n) is 6.92. The topological polar surface area (TPSA) is 58.6 Å². The van der Waals surface area contributed by atoms with Gasteiger partial charge in [0.15, 0.2) is 0 Å². The number of esters is 1. The van der Waals surface area contributed by atoms with Crippen LogP contribution in [0.25, 0.3) is 0 Å². The standard InChI is InChI=1S/C15H28N2O3/c1-11(2)12(18)20-10-9-17(15(6,7)8)13(19)16-14(3,4)5/h1,9-10H2,2-8H3,(H,16,19). The molecule has 0 aromatic heterocycles. The van der Waals surface area contributed by atoms with E-state index in [4.69, 9.17) is 4.74 Å². The third kappa shape index (κ3) is 7.16. The minimum atomic E-state index is -0.435. The summed E-state index contributed by atoms with van der Waals surface area (Å²) < 4.78 is 5.05. The Labute approximate surface area is 122 Å². The van der Waals surface area contributed by atoms with E-state index in [2.05, 4.69) is 11.9 Å². The van der Waals surface area contributed by atoms with E-state index in [-0.39, 0.29) is 23.7 Å². The maximum absolute atomic E-state index is 12.3. The number of carbonyl (C=O) groups is 2. The molecule has 0 atom stereocenters. The van der Waals surface area contributed by atoms with Gasteiger partial charge in [-0.05, 0) is 48.5 Å². The summed E-state index contributed by atoms with van der Waals surface area (Å²) in [4.78, 5) is 25.3. The molecule has 5 nitrogen and oxygen atoms in total. The molecule has 2 amide bonds. The Bertz CT molecular complexity index is 376. The van der Waals surface area contributed by atoms with Crippen molar-refractivity contribution in [3.63, 3.8) is 0 Å². The summed E-state index contributed by atoms with van der Waals surface area (Å²) in [7, 11) is 0. The van der Waals surface area contributed by atoms with Crippen LogP contribution in [0.1, 0.15) is 48.5 Å². The highest BCUT2D eigenvalue weighted by atomic mass is 16.5. The molecule has 0 aromatic carbocycles. The molecule has 0 heterocycles. The van der Waals surface area contributed by atoms with Gasteiger partial charge in [-0.15, -0.1) is 0 Å². The van der Waals surface area contributed by atoms with Crippen molar-refractivity contribution in [3.8, 4) is 0 Å². The maximum Gasteiger partial charge on any atom is 0.333 e.